The largest absolute Gasteiger partial charge is 0.479 e. The maximum atomic E-state index is 12.6. The number of aliphatic carboxylic acids is 1. The third-order valence-electron chi connectivity index (χ3n) is 5.74. The number of rotatable bonds is 8. The quantitative estimate of drug-likeness (QED) is 0.293. The Kier molecular flexibility index (Phi) is 7.67. The Hall–Kier alpha value is -3.44. The molecule has 0 radical (unpaired) electrons. The molecule has 4 N–H and O–H groups in total. The topological polar surface area (TPSA) is 125 Å². The molecule has 0 aliphatic heterocycles. The second kappa shape index (κ2) is 10.9. The van der Waals surface area contributed by atoms with Crippen molar-refractivity contribution >= 4 is 46.2 Å². The molecule has 8 nitrogen and oxygen atoms in total. The summed E-state index contributed by atoms with van der Waals surface area (Å²) in [4.78, 5) is 35.7. The number of carboxylic acids is 1. The molecule has 9 heteroatoms. The van der Waals surface area contributed by atoms with Crippen molar-refractivity contribution < 1.29 is 29.3 Å². The molecule has 1 unspecified atom stereocenters. The maximum Gasteiger partial charge on any atom is 0.411 e. The van der Waals surface area contributed by atoms with Crippen molar-refractivity contribution in [2.45, 2.75) is 18.4 Å². The highest BCUT2D eigenvalue weighted by molar-refractivity contribution is 14.1. The minimum absolute atomic E-state index is 0.00703. The van der Waals surface area contributed by atoms with E-state index >= 15 is 0 Å². The summed E-state index contributed by atoms with van der Waals surface area (Å²) in [5, 5.41) is 23.3. The molecular formula is C26H23IN2O6. The van der Waals surface area contributed by atoms with Crippen molar-refractivity contribution in [1.82, 2.24) is 5.32 Å². The zero-order valence-electron chi connectivity index (χ0n) is 18.5. The Morgan fingerprint density at radius 3 is 2.23 bits per heavy atom. The lowest BCUT2D eigenvalue weighted by Crippen LogP contribution is -2.30. The summed E-state index contributed by atoms with van der Waals surface area (Å²) in [5.41, 5.74) is 5.19. The van der Waals surface area contributed by atoms with E-state index in [1.54, 1.807) is 12.1 Å². The van der Waals surface area contributed by atoms with Crippen LogP contribution in [-0.4, -0.2) is 47.4 Å². The molecule has 35 heavy (non-hydrogen) atoms. The Morgan fingerprint density at radius 1 is 0.971 bits per heavy atom. The van der Waals surface area contributed by atoms with Gasteiger partial charge in [0.1, 0.15) is 6.61 Å². The van der Waals surface area contributed by atoms with Crippen LogP contribution in [-0.2, 0) is 9.53 Å². The minimum Gasteiger partial charge on any atom is -0.479 e. The third-order valence-corrected chi connectivity index (χ3v) is 6.36. The lowest BCUT2D eigenvalue weighted by atomic mass is 9.98. The number of aliphatic hydroxyl groups excluding tert-OH is 1. The monoisotopic (exact) mass is 586 g/mol. The first-order valence-electron chi connectivity index (χ1n) is 10.9. The fourth-order valence-corrected chi connectivity index (χ4v) is 4.76. The standard InChI is InChI=1S/C26H23IN2O6/c27-16-11-15(24(31)28-10-9-23(30)25(32)33)12-17(13-16)29-26(34)35-14-22-20-7-3-1-5-18(20)19-6-2-4-8-21(19)22/h1-8,11-13,22-23,30H,9-10,14H2,(H,28,31)(H,29,34)(H,32,33). The minimum atomic E-state index is -1.54. The molecule has 3 aromatic carbocycles. The lowest BCUT2D eigenvalue weighted by molar-refractivity contribution is -0.146. The van der Waals surface area contributed by atoms with Crippen LogP contribution in [0.5, 0.6) is 0 Å². The first kappa shape index (κ1) is 24.7. The van der Waals surface area contributed by atoms with E-state index in [1.165, 1.54) is 6.07 Å². The van der Waals surface area contributed by atoms with Gasteiger partial charge in [0.2, 0.25) is 0 Å². The van der Waals surface area contributed by atoms with Crippen molar-refractivity contribution in [3.63, 3.8) is 0 Å². The Morgan fingerprint density at radius 2 is 1.60 bits per heavy atom. The van der Waals surface area contributed by atoms with Crippen LogP contribution in [0.1, 0.15) is 33.8 Å². The van der Waals surface area contributed by atoms with Crippen molar-refractivity contribution in [2.24, 2.45) is 0 Å². The number of hydrogen-bond acceptors (Lipinski definition) is 5. The van der Waals surface area contributed by atoms with Crippen LogP contribution in [0.15, 0.2) is 66.7 Å². The van der Waals surface area contributed by atoms with Crippen LogP contribution < -0.4 is 10.6 Å². The number of carbonyl (C=O) groups is 3. The van der Waals surface area contributed by atoms with Gasteiger partial charge in [-0.3, -0.25) is 10.1 Å². The van der Waals surface area contributed by atoms with Crippen LogP contribution >= 0.6 is 22.6 Å². The van der Waals surface area contributed by atoms with E-state index in [0.717, 1.165) is 25.8 Å². The van der Waals surface area contributed by atoms with Gasteiger partial charge in [-0.1, -0.05) is 48.5 Å². The summed E-state index contributed by atoms with van der Waals surface area (Å²) < 4.78 is 6.28. The predicted molar refractivity (Wildman–Crippen MR) is 138 cm³/mol. The number of ether oxygens (including phenoxy) is 1. The highest BCUT2D eigenvalue weighted by atomic mass is 127. The highest BCUT2D eigenvalue weighted by Gasteiger charge is 2.29. The van der Waals surface area contributed by atoms with E-state index in [-0.39, 0.29) is 31.1 Å². The summed E-state index contributed by atoms with van der Waals surface area (Å²) in [5.74, 6) is -1.86. The first-order chi connectivity index (χ1) is 16.8. The number of amides is 2. The molecule has 180 valence electrons. The molecule has 3 aromatic rings. The van der Waals surface area contributed by atoms with Crippen LogP contribution in [0.2, 0.25) is 0 Å². The van der Waals surface area contributed by atoms with Gasteiger partial charge in [-0.2, -0.15) is 0 Å². The van der Waals surface area contributed by atoms with Crippen LogP contribution in [0, 0.1) is 3.57 Å². The van der Waals surface area contributed by atoms with Gasteiger partial charge in [0.05, 0.1) is 0 Å². The van der Waals surface area contributed by atoms with Gasteiger partial charge >= 0.3 is 12.1 Å². The summed E-state index contributed by atoms with van der Waals surface area (Å²) in [6.45, 7) is 0.163. The second-order valence-electron chi connectivity index (χ2n) is 8.08. The predicted octanol–water partition coefficient (Wildman–Crippen LogP) is 4.22. The van der Waals surface area contributed by atoms with Gasteiger partial charge in [0, 0.05) is 33.7 Å². The van der Waals surface area contributed by atoms with E-state index in [1.807, 2.05) is 59.0 Å². The van der Waals surface area contributed by atoms with Crippen molar-refractivity contribution in [3.8, 4) is 11.1 Å². The molecule has 4 rings (SSSR count). The fourth-order valence-electron chi connectivity index (χ4n) is 4.09. The number of benzene rings is 3. The van der Waals surface area contributed by atoms with E-state index in [9.17, 15) is 19.5 Å². The summed E-state index contributed by atoms with van der Waals surface area (Å²) in [6.07, 6.45) is -2.29. The normalized spacial score (nSPS) is 12.9. The highest BCUT2D eigenvalue weighted by Crippen LogP contribution is 2.44. The Bertz CT molecular complexity index is 1230. The van der Waals surface area contributed by atoms with Crippen molar-refractivity contribution in [3.05, 3.63) is 87.0 Å². The number of carbonyl (C=O) groups excluding carboxylic acids is 2. The number of fused-ring (bicyclic) bond motifs is 3. The van der Waals surface area contributed by atoms with Crippen molar-refractivity contribution in [2.75, 3.05) is 18.5 Å². The zero-order chi connectivity index (χ0) is 24.9. The van der Waals surface area contributed by atoms with Gasteiger partial charge in [0.25, 0.3) is 5.91 Å². The molecule has 1 aliphatic rings. The zero-order valence-corrected chi connectivity index (χ0v) is 20.7. The molecule has 1 atom stereocenters. The molecular weight excluding hydrogens is 563 g/mol. The number of carboxylic acid groups (broad SMARTS) is 1. The van der Waals surface area contributed by atoms with E-state index in [2.05, 4.69) is 22.8 Å². The molecule has 0 aromatic heterocycles. The van der Waals surface area contributed by atoms with E-state index in [0.29, 0.717) is 5.69 Å². The van der Waals surface area contributed by atoms with Gasteiger partial charge in [-0.25, -0.2) is 9.59 Å². The Balaban J connectivity index is 1.38. The summed E-state index contributed by atoms with van der Waals surface area (Å²) in [6, 6.07) is 21.0. The van der Waals surface area contributed by atoms with Crippen LogP contribution in [0.4, 0.5) is 10.5 Å². The third kappa shape index (κ3) is 5.80. The molecule has 0 fully saturated rings. The first-order valence-corrected chi connectivity index (χ1v) is 12.0. The van der Waals surface area contributed by atoms with Crippen molar-refractivity contribution in [1.29, 1.82) is 0 Å². The average Bonchev–Trinajstić information content (AvgIpc) is 3.16. The Labute approximate surface area is 215 Å². The summed E-state index contributed by atoms with van der Waals surface area (Å²) >= 11 is 2.03. The average molecular weight is 586 g/mol. The van der Waals surface area contributed by atoms with Gasteiger partial charge < -0.3 is 20.3 Å². The van der Waals surface area contributed by atoms with Crippen LogP contribution in [0.3, 0.4) is 0 Å². The van der Waals surface area contributed by atoms with E-state index < -0.39 is 24.1 Å². The number of anilines is 1. The maximum absolute atomic E-state index is 12.6. The molecule has 0 saturated heterocycles. The SMILES string of the molecule is O=C(Nc1cc(I)cc(C(=O)NCCC(O)C(=O)O)c1)OCC1c2ccccc2-c2ccccc21. The van der Waals surface area contributed by atoms with E-state index in [4.69, 9.17) is 9.84 Å². The summed E-state index contributed by atoms with van der Waals surface area (Å²) in [7, 11) is 0. The molecule has 0 spiro atoms. The molecule has 0 heterocycles. The lowest BCUT2D eigenvalue weighted by Gasteiger charge is -2.15. The molecule has 0 saturated carbocycles. The molecule has 2 amide bonds. The number of halogens is 1. The molecule has 0 bridgehead atoms. The smallest absolute Gasteiger partial charge is 0.411 e. The molecule has 1 aliphatic carbocycles. The second-order valence-corrected chi connectivity index (χ2v) is 9.32. The van der Waals surface area contributed by atoms with Gasteiger partial charge in [-0.05, 0) is 63.0 Å². The number of hydrogen-bond donors (Lipinski definition) is 4. The number of nitrogens with one attached hydrogen (secondary N) is 2. The van der Waals surface area contributed by atoms with Gasteiger partial charge in [-0.15, -0.1) is 0 Å². The van der Waals surface area contributed by atoms with Gasteiger partial charge in [0.15, 0.2) is 6.10 Å². The van der Waals surface area contributed by atoms with Crippen LogP contribution in [0.25, 0.3) is 11.1 Å². The number of aliphatic hydroxyl groups is 1. The fraction of sp³-hybridized carbons (Fsp3) is 0.192.